The molecular formula is C26H38O4. The van der Waals surface area contributed by atoms with Crippen molar-refractivity contribution >= 4 is 11.9 Å². The van der Waals surface area contributed by atoms with Gasteiger partial charge in [-0.3, -0.25) is 9.59 Å². The van der Waals surface area contributed by atoms with Crippen LogP contribution in [0.2, 0.25) is 0 Å². The lowest BCUT2D eigenvalue weighted by molar-refractivity contribution is -0.138. The van der Waals surface area contributed by atoms with E-state index >= 15 is 0 Å². The predicted octanol–water partition coefficient (Wildman–Crippen LogP) is 6.61. The third kappa shape index (κ3) is 12.1. The molecule has 4 nitrogen and oxygen atoms in total. The van der Waals surface area contributed by atoms with E-state index in [1.807, 2.05) is 24.3 Å². The lowest BCUT2D eigenvalue weighted by Gasteiger charge is -2.15. The van der Waals surface area contributed by atoms with Crippen molar-refractivity contribution in [2.45, 2.75) is 66.7 Å². The first-order valence-corrected chi connectivity index (χ1v) is 10.5. The van der Waals surface area contributed by atoms with Gasteiger partial charge in [0.2, 0.25) is 0 Å². The van der Waals surface area contributed by atoms with Gasteiger partial charge in [-0.15, -0.1) is 0 Å². The van der Waals surface area contributed by atoms with E-state index in [9.17, 15) is 4.79 Å². The summed E-state index contributed by atoms with van der Waals surface area (Å²) >= 11 is 0. The van der Waals surface area contributed by atoms with Crippen molar-refractivity contribution in [3.8, 4) is 0 Å². The van der Waals surface area contributed by atoms with Gasteiger partial charge in [-0.2, -0.15) is 0 Å². The number of hydrogen-bond donors (Lipinski definition) is 2. The number of carbonyl (C=O) groups is 2. The summed E-state index contributed by atoms with van der Waals surface area (Å²) in [7, 11) is 0. The summed E-state index contributed by atoms with van der Waals surface area (Å²) in [5, 5.41) is 16.3. The Morgan fingerprint density at radius 2 is 1.23 bits per heavy atom. The molecule has 0 aliphatic carbocycles. The minimum absolute atomic E-state index is 0.418. The molecule has 2 atom stereocenters. The fourth-order valence-corrected chi connectivity index (χ4v) is 2.70. The first kappa shape index (κ1) is 27.4. The molecule has 0 aromatic heterocycles. The number of rotatable bonds is 6. The van der Waals surface area contributed by atoms with Gasteiger partial charge in [-0.1, -0.05) is 89.2 Å². The van der Waals surface area contributed by atoms with Crippen LogP contribution >= 0.6 is 0 Å². The number of carboxylic acids is 2. The molecule has 2 rings (SSSR count). The van der Waals surface area contributed by atoms with Crippen molar-refractivity contribution in [3.63, 3.8) is 0 Å². The zero-order chi connectivity index (χ0) is 23.3. The molecule has 0 saturated carbocycles. The summed E-state index contributed by atoms with van der Waals surface area (Å²) in [5.74, 6) is 0.0195. The van der Waals surface area contributed by atoms with Crippen molar-refractivity contribution in [2.75, 3.05) is 0 Å². The third-order valence-electron chi connectivity index (χ3n) is 4.82. The maximum atomic E-state index is 10.8. The highest BCUT2D eigenvalue weighted by atomic mass is 16.4. The van der Waals surface area contributed by atoms with Crippen LogP contribution in [0.3, 0.4) is 0 Å². The van der Waals surface area contributed by atoms with Gasteiger partial charge < -0.3 is 10.2 Å². The Hall–Kier alpha value is -2.62. The van der Waals surface area contributed by atoms with Crippen LogP contribution in [0, 0.1) is 11.8 Å². The summed E-state index contributed by atoms with van der Waals surface area (Å²) < 4.78 is 0. The van der Waals surface area contributed by atoms with Crippen LogP contribution in [0.1, 0.15) is 77.0 Å². The van der Waals surface area contributed by atoms with E-state index < -0.39 is 17.9 Å². The highest BCUT2D eigenvalue weighted by Gasteiger charge is 2.13. The van der Waals surface area contributed by atoms with Crippen LogP contribution in [-0.4, -0.2) is 22.2 Å². The average Bonchev–Trinajstić information content (AvgIpc) is 2.67. The first-order chi connectivity index (χ1) is 14.0. The second-order valence-electron chi connectivity index (χ2n) is 8.36. The van der Waals surface area contributed by atoms with Gasteiger partial charge in [0.15, 0.2) is 0 Å². The normalized spacial score (nSPS) is 12.2. The van der Waals surface area contributed by atoms with E-state index in [-0.39, 0.29) is 0 Å². The minimum Gasteiger partial charge on any atom is -0.481 e. The maximum Gasteiger partial charge on any atom is 0.310 e. The standard InChI is InChI=1S/C13H18O2.C11H16.C2H4O2/c1-9(2)8-11-4-6-12(7-5-11)10(3)13(14)15;1-9(2)10(3)11-7-5-4-6-8-11;1-2(3)4/h4-7,9-10H,8H2,1-3H3,(H,14,15);4-10H,1-3H3;1H3,(H,3,4). The van der Waals surface area contributed by atoms with Gasteiger partial charge in [-0.25, -0.2) is 0 Å². The molecule has 2 aromatic carbocycles. The summed E-state index contributed by atoms with van der Waals surface area (Å²) in [6.45, 7) is 13.9. The smallest absolute Gasteiger partial charge is 0.310 e. The molecule has 2 N–H and O–H groups in total. The molecular weight excluding hydrogens is 376 g/mol. The maximum absolute atomic E-state index is 10.8. The minimum atomic E-state index is -0.833. The topological polar surface area (TPSA) is 74.6 Å². The third-order valence-corrected chi connectivity index (χ3v) is 4.82. The SMILES string of the molecule is CC(=O)O.CC(C)C(C)c1ccccc1.CC(C)Cc1ccc(C(C)C(=O)O)cc1. The summed E-state index contributed by atoms with van der Waals surface area (Å²) in [6, 6.07) is 18.5. The van der Waals surface area contributed by atoms with Crippen LogP contribution < -0.4 is 0 Å². The van der Waals surface area contributed by atoms with E-state index in [0.29, 0.717) is 11.8 Å². The molecule has 2 unspecified atom stereocenters. The van der Waals surface area contributed by atoms with E-state index in [1.165, 1.54) is 11.1 Å². The van der Waals surface area contributed by atoms with Crippen molar-refractivity contribution in [3.05, 3.63) is 71.3 Å². The zero-order valence-corrected chi connectivity index (χ0v) is 19.4. The summed E-state index contributed by atoms with van der Waals surface area (Å²) in [4.78, 5) is 19.8. The number of benzene rings is 2. The van der Waals surface area contributed by atoms with Gasteiger partial charge >= 0.3 is 5.97 Å². The second-order valence-corrected chi connectivity index (χ2v) is 8.36. The number of carboxylic acid groups (broad SMARTS) is 2. The number of hydrogen-bond acceptors (Lipinski definition) is 2. The van der Waals surface area contributed by atoms with E-state index in [1.54, 1.807) is 6.92 Å². The Morgan fingerprint density at radius 3 is 1.60 bits per heavy atom. The molecule has 0 amide bonds. The Labute approximate surface area is 182 Å². The molecule has 0 radical (unpaired) electrons. The van der Waals surface area contributed by atoms with Gasteiger partial charge in [0, 0.05) is 6.92 Å². The number of aliphatic carboxylic acids is 2. The molecule has 0 fully saturated rings. The van der Waals surface area contributed by atoms with E-state index in [4.69, 9.17) is 15.0 Å². The fourth-order valence-electron chi connectivity index (χ4n) is 2.70. The molecule has 30 heavy (non-hydrogen) atoms. The average molecular weight is 415 g/mol. The molecule has 0 heterocycles. The molecule has 0 saturated heterocycles. The van der Waals surface area contributed by atoms with Crippen LogP contribution in [0.25, 0.3) is 0 Å². The Morgan fingerprint density at radius 1 is 0.767 bits per heavy atom. The Kier molecular flexibility index (Phi) is 13.1. The summed E-state index contributed by atoms with van der Waals surface area (Å²) in [5.41, 5.74) is 3.59. The van der Waals surface area contributed by atoms with Crippen molar-refractivity contribution in [1.82, 2.24) is 0 Å². The first-order valence-electron chi connectivity index (χ1n) is 10.5. The molecule has 2 aromatic rings. The highest BCUT2D eigenvalue weighted by Crippen LogP contribution is 2.22. The molecule has 166 valence electrons. The van der Waals surface area contributed by atoms with Gasteiger partial charge in [-0.05, 0) is 47.8 Å². The molecule has 0 aliphatic rings. The lowest BCUT2D eigenvalue weighted by Crippen LogP contribution is -2.07. The molecule has 0 bridgehead atoms. The molecule has 4 heteroatoms. The van der Waals surface area contributed by atoms with Gasteiger partial charge in [0.25, 0.3) is 5.97 Å². The van der Waals surface area contributed by atoms with Gasteiger partial charge in [0.1, 0.15) is 0 Å². The van der Waals surface area contributed by atoms with Crippen LogP contribution in [0.4, 0.5) is 0 Å². The quantitative estimate of drug-likeness (QED) is 0.558. The summed E-state index contributed by atoms with van der Waals surface area (Å²) in [6.07, 6.45) is 1.04. The van der Waals surface area contributed by atoms with Crippen LogP contribution in [0.5, 0.6) is 0 Å². The van der Waals surface area contributed by atoms with Crippen molar-refractivity contribution in [2.24, 2.45) is 11.8 Å². The Balaban J connectivity index is 0.000000491. The zero-order valence-electron chi connectivity index (χ0n) is 19.4. The van der Waals surface area contributed by atoms with Gasteiger partial charge in [0.05, 0.1) is 5.92 Å². The van der Waals surface area contributed by atoms with Crippen molar-refractivity contribution < 1.29 is 19.8 Å². The van der Waals surface area contributed by atoms with E-state index in [0.717, 1.165) is 24.8 Å². The highest BCUT2D eigenvalue weighted by molar-refractivity contribution is 5.75. The van der Waals surface area contributed by atoms with Crippen molar-refractivity contribution in [1.29, 1.82) is 0 Å². The van der Waals surface area contributed by atoms with Crippen LogP contribution in [-0.2, 0) is 16.0 Å². The van der Waals surface area contributed by atoms with Crippen LogP contribution in [0.15, 0.2) is 54.6 Å². The second kappa shape index (κ2) is 14.4. The predicted molar refractivity (Wildman–Crippen MR) is 124 cm³/mol. The Bertz CT molecular complexity index is 729. The largest absolute Gasteiger partial charge is 0.481 e. The fraction of sp³-hybridized carbons (Fsp3) is 0.462. The monoisotopic (exact) mass is 414 g/mol. The van der Waals surface area contributed by atoms with E-state index in [2.05, 4.69) is 65.0 Å². The molecule has 0 spiro atoms. The lowest BCUT2D eigenvalue weighted by atomic mass is 9.91. The molecule has 0 aliphatic heterocycles.